The first-order valence-electron chi connectivity index (χ1n) is 10.0. The minimum atomic E-state index is -3.57. The van der Waals surface area contributed by atoms with E-state index < -0.39 is 10.0 Å². The van der Waals surface area contributed by atoms with Gasteiger partial charge in [0, 0.05) is 31.1 Å². The molecule has 0 saturated carbocycles. The van der Waals surface area contributed by atoms with Gasteiger partial charge in [0.1, 0.15) is 9.22 Å². The predicted molar refractivity (Wildman–Crippen MR) is 125 cm³/mol. The zero-order valence-electron chi connectivity index (χ0n) is 17.3. The summed E-state index contributed by atoms with van der Waals surface area (Å²) in [5, 5.41) is 6.37. The molecular formula is C21H26N4O2S3. The van der Waals surface area contributed by atoms with Crippen molar-refractivity contribution in [3.8, 4) is 0 Å². The van der Waals surface area contributed by atoms with Crippen LogP contribution < -0.4 is 9.62 Å². The van der Waals surface area contributed by atoms with E-state index in [1.807, 2.05) is 18.3 Å². The third kappa shape index (κ3) is 3.99. The third-order valence-corrected chi connectivity index (χ3v) is 9.70. The number of fused-ring (bicyclic) bond motifs is 1. The quantitative estimate of drug-likeness (QED) is 0.531. The van der Waals surface area contributed by atoms with Crippen LogP contribution in [0.3, 0.4) is 0 Å². The maximum absolute atomic E-state index is 13.0. The Morgan fingerprint density at radius 2 is 2.00 bits per heavy atom. The molecule has 0 aliphatic carbocycles. The van der Waals surface area contributed by atoms with E-state index >= 15 is 0 Å². The number of anilines is 2. The molecule has 1 atom stereocenters. The molecule has 0 spiro atoms. The number of hydrogen-bond donors (Lipinski definition) is 1. The van der Waals surface area contributed by atoms with E-state index in [2.05, 4.69) is 35.1 Å². The Morgan fingerprint density at radius 3 is 2.70 bits per heavy atom. The number of nitrogens with zero attached hydrogens (tertiary/aromatic N) is 3. The van der Waals surface area contributed by atoms with Crippen molar-refractivity contribution in [3.63, 3.8) is 0 Å². The summed E-state index contributed by atoms with van der Waals surface area (Å²) in [5.41, 5.74) is 2.67. The van der Waals surface area contributed by atoms with Gasteiger partial charge in [-0.15, -0.1) is 22.7 Å². The second kappa shape index (κ2) is 8.66. The highest BCUT2D eigenvalue weighted by molar-refractivity contribution is 7.94. The molecule has 1 aliphatic rings. The predicted octanol–water partition coefficient (Wildman–Crippen LogP) is 4.58. The molecule has 1 aromatic carbocycles. The third-order valence-electron chi connectivity index (χ3n) is 5.46. The van der Waals surface area contributed by atoms with E-state index in [-0.39, 0.29) is 6.04 Å². The van der Waals surface area contributed by atoms with Crippen LogP contribution in [0.2, 0.25) is 0 Å². The molecule has 160 valence electrons. The lowest BCUT2D eigenvalue weighted by Gasteiger charge is -2.21. The maximum Gasteiger partial charge on any atom is 0.273 e. The number of benzene rings is 1. The number of sulfonamides is 1. The fourth-order valence-electron chi connectivity index (χ4n) is 3.68. The fourth-order valence-corrected chi connectivity index (χ4v) is 7.06. The van der Waals surface area contributed by atoms with Crippen LogP contribution in [0.4, 0.5) is 11.4 Å². The Labute approximate surface area is 186 Å². The SMILES string of the molecule is CCN(CC)Cc1cnc(C2Cc3cccc(N(C)S(=O)(=O)c4cccs4)c3N2)s1. The van der Waals surface area contributed by atoms with Crippen LogP contribution in [0.1, 0.15) is 35.3 Å². The van der Waals surface area contributed by atoms with E-state index in [1.165, 1.54) is 20.5 Å². The van der Waals surface area contributed by atoms with Crippen molar-refractivity contribution in [1.82, 2.24) is 9.88 Å². The molecule has 0 saturated heterocycles. The number of para-hydroxylation sites is 1. The van der Waals surface area contributed by atoms with Gasteiger partial charge in [-0.1, -0.05) is 32.0 Å². The lowest BCUT2D eigenvalue weighted by Crippen LogP contribution is -2.26. The molecule has 1 N–H and O–H groups in total. The standard InChI is InChI=1S/C21H26N4O2S3/c1-4-25(5-2)14-16-13-22-21(29-16)17-12-15-8-6-9-18(20(15)23-17)24(3)30(26,27)19-10-7-11-28-19/h6-11,13,17,23H,4-5,12,14H2,1-3H3. The number of thiazole rings is 1. The lowest BCUT2D eigenvalue weighted by molar-refractivity contribution is 0.298. The van der Waals surface area contributed by atoms with Crippen molar-refractivity contribution in [3.05, 3.63) is 57.4 Å². The van der Waals surface area contributed by atoms with Crippen molar-refractivity contribution in [2.24, 2.45) is 0 Å². The van der Waals surface area contributed by atoms with Gasteiger partial charge in [0.15, 0.2) is 0 Å². The van der Waals surface area contributed by atoms with Crippen molar-refractivity contribution in [2.45, 2.75) is 37.1 Å². The van der Waals surface area contributed by atoms with Gasteiger partial charge < -0.3 is 5.32 Å². The topological polar surface area (TPSA) is 65.5 Å². The van der Waals surface area contributed by atoms with Crippen molar-refractivity contribution < 1.29 is 8.42 Å². The highest BCUT2D eigenvalue weighted by atomic mass is 32.2. The summed E-state index contributed by atoms with van der Waals surface area (Å²) < 4.78 is 27.7. The molecule has 3 heterocycles. The Morgan fingerprint density at radius 1 is 1.20 bits per heavy atom. The van der Waals surface area contributed by atoms with Crippen LogP contribution in [0, 0.1) is 0 Å². The number of thiophene rings is 1. The molecule has 30 heavy (non-hydrogen) atoms. The van der Waals surface area contributed by atoms with E-state index in [0.29, 0.717) is 9.90 Å². The summed E-state index contributed by atoms with van der Waals surface area (Å²) in [6.07, 6.45) is 2.77. The normalized spacial score (nSPS) is 15.9. The summed E-state index contributed by atoms with van der Waals surface area (Å²) >= 11 is 2.96. The summed E-state index contributed by atoms with van der Waals surface area (Å²) in [6, 6.07) is 9.30. The number of nitrogens with one attached hydrogen (secondary N) is 1. The van der Waals surface area contributed by atoms with Gasteiger partial charge in [0.25, 0.3) is 10.0 Å². The lowest BCUT2D eigenvalue weighted by atomic mass is 10.1. The van der Waals surface area contributed by atoms with Crippen LogP contribution in [0.5, 0.6) is 0 Å². The molecule has 0 bridgehead atoms. The Bertz CT molecular complexity index is 1110. The highest BCUT2D eigenvalue weighted by Crippen LogP contribution is 2.42. The zero-order valence-corrected chi connectivity index (χ0v) is 19.8. The molecule has 9 heteroatoms. The number of aromatic nitrogens is 1. The number of hydrogen-bond acceptors (Lipinski definition) is 7. The van der Waals surface area contributed by atoms with Gasteiger partial charge in [-0.2, -0.15) is 0 Å². The van der Waals surface area contributed by atoms with Gasteiger partial charge in [-0.3, -0.25) is 9.21 Å². The van der Waals surface area contributed by atoms with Crippen LogP contribution in [0.25, 0.3) is 0 Å². The van der Waals surface area contributed by atoms with Crippen LogP contribution >= 0.6 is 22.7 Å². The number of rotatable bonds is 8. The van der Waals surface area contributed by atoms with Crippen molar-refractivity contribution >= 4 is 44.1 Å². The highest BCUT2D eigenvalue weighted by Gasteiger charge is 2.31. The fraction of sp³-hybridized carbons (Fsp3) is 0.381. The largest absolute Gasteiger partial charge is 0.374 e. The molecule has 0 radical (unpaired) electrons. The summed E-state index contributed by atoms with van der Waals surface area (Å²) in [5.74, 6) is 0. The molecule has 0 amide bonds. The first-order chi connectivity index (χ1) is 14.4. The molecule has 1 unspecified atom stereocenters. The molecule has 3 aromatic rings. The van der Waals surface area contributed by atoms with E-state index in [4.69, 9.17) is 0 Å². The zero-order chi connectivity index (χ0) is 21.3. The Kier molecular flexibility index (Phi) is 6.15. The second-order valence-corrected chi connectivity index (χ2v) is 11.5. The Balaban J connectivity index is 1.57. The van der Waals surface area contributed by atoms with Crippen LogP contribution in [0.15, 0.2) is 46.1 Å². The summed E-state index contributed by atoms with van der Waals surface area (Å²) in [6.45, 7) is 7.29. The monoisotopic (exact) mass is 462 g/mol. The van der Waals surface area contributed by atoms with Gasteiger partial charge in [0.2, 0.25) is 0 Å². The summed E-state index contributed by atoms with van der Waals surface area (Å²) in [4.78, 5) is 8.29. The smallest absolute Gasteiger partial charge is 0.273 e. The molecule has 4 rings (SSSR count). The minimum Gasteiger partial charge on any atom is -0.374 e. The first-order valence-corrected chi connectivity index (χ1v) is 13.2. The average Bonchev–Trinajstić information content (AvgIpc) is 3.51. The van der Waals surface area contributed by atoms with Crippen LogP contribution in [-0.4, -0.2) is 38.4 Å². The van der Waals surface area contributed by atoms with Gasteiger partial charge >= 0.3 is 0 Å². The molecular weight excluding hydrogens is 436 g/mol. The maximum atomic E-state index is 13.0. The van der Waals surface area contributed by atoms with Gasteiger partial charge in [-0.05, 0) is 36.2 Å². The molecule has 2 aromatic heterocycles. The molecule has 6 nitrogen and oxygen atoms in total. The van der Waals surface area contributed by atoms with Crippen LogP contribution in [-0.2, 0) is 23.0 Å². The average molecular weight is 463 g/mol. The van der Waals surface area contributed by atoms with E-state index in [9.17, 15) is 8.42 Å². The van der Waals surface area contributed by atoms with E-state index in [0.717, 1.165) is 42.3 Å². The van der Waals surface area contributed by atoms with Gasteiger partial charge in [0.05, 0.1) is 17.4 Å². The summed E-state index contributed by atoms with van der Waals surface area (Å²) in [7, 11) is -1.96. The Hall–Kier alpha value is -1.94. The van der Waals surface area contributed by atoms with Crippen molar-refractivity contribution in [2.75, 3.05) is 29.8 Å². The van der Waals surface area contributed by atoms with Gasteiger partial charge in [-0.25, -0.2) is 13.4 Å². The van der Waals surface area contributed by atoms with E-state index in [1.54, 1.807) is 35.9 Å². The first kappa shape index (κ1) is 21.3. The molecule has 0 fully saturated rings. The second-order valence-electron chi connectivity index (χ2n) is 7.24. The minimum absolute atomic E-state index is 0.0643. The van der Waals surface area contributed by atoms with Crippen molar-refractivity contribution in [1.29, 1.82) is 0 Å². The molecule has 1 aliphatic heterocycles.